The molecule has 1 heterocycles. The Balaban J connectivity index is 2.11. The Hall–Kier alpha value is -3.07. The highest BCUT2D eigenvalue weighted by Crippen LogP contribution is 2.31. The van der Waals surface area contributed by atoms with Gasteiger partial charge in [0.2, 0.25) is 5.95 Å². The van der Waals surface area contributed by atoms with Gasteiger partial charge in [-0.2, -0.15) is 18.2 Å². The molecule has 182 valence electrons. The third-order valence-corrected chi connectivity index (χ3v) is 5.78. The van der Waals surface area contributed by atoms with Gasteiger partial charge in [0.1, 0.15) is 0 Å². The SMILES string of the molecule is CCCCC(CC)n1c(=O)nc(Nc2cccc(C(F)(F)F)c2)n(Cc2ccc(Cl)cc2)c1=O. The molecule has 1 atom stereocenters. The van der Waals surface area contributed by atoms with Gasteiger partial charge < -0.3 is 5.32 Å². The summed E-state index contributed by atoms with van der Waals surface area (Å²) in [6.07, 6.45) is -1.58. The van der Waals surface area contributed by atoms with Gasteiger partial charge in [-0.15, -0.1) is 0 Å². The average Bonchev–Trinajstić information content (AvgIpc) is 2.79. The lowest BCUT2D eigenvalue weighted by molar-refractivity contribution is -0.137. The molecule has 1 unspecified atom stereocenters. The first-order valence-corrected chi connectivity index (χ1v) is 11.4. The molecule has 3 rings (SSSR count). The van der Waals surface area contributed by atoms with E-state index in [0.29, 0.717) is 23.4 Å². The molecule has 10 heteroatoms. The summed E-state index contributed by atoms with van der Waals surface area (Å²) in [5.74, 6) is -0.133. The zero-order chi connectivity index (χ0) is 24.9. The zero-order valence-corrected chi connectivity index (χ0v) is 19.7. The minimum absolute atomic E-state index is 0.0504. The smallest absolute Gasteiger partial charge is 0.325 e. The largest absolute Gasteiger partial charge is 0.416 e. The maximum Gasteiger partial charge on any atom is 0.416 e. The summed E-state index contributed by atoms with van der Waals surface area (Å²) >= 11 is 5.96. The van der Waals surface area contributed by atoms with Crippen LogP contribution in [0.1, 0.15) is 56.7 Å². The Bertz CT molecular complexity index is 1240. The van der Waals surface area contributed by atoms with Crippen LogP contribution < -0.4 is 16.7 Å². The Morgan fingerprint density at radius 3 is 2.41 bits per heavy atom. The monoisotopic (exact) mass is 494 g/mol. The van der Waals surface area contributed by atoms with E-state index in [1.54, 1.807) is 24.3 Å². The van der Waals surface area contributed by atoms with Gasteiger partial charge in [0.05, 0.1) is 12.1 Å². The van der Waals surface area contributed by atoms with Gasteiger partial charge in [-0.3, -0.25) is 4.57 Å². The van der Waals surface area contributed by atoms with Crippen molar-refractivity contribution in [2.24, 2.45) is 0 Å². The van der Waals surface area contributed by atoms with Crippen LogP contribution in [0.4, 0.5) is 24.8 Å². The van der Waals surface area contributed by atoms with Crippen molar-refractivity contribution >= 4 is 23.2 Å². The first-order chi connectivity index (χ1) is 16.1. The lowest BCUT2D eigenvalue weighted by Crippen LogP contribution is -2.44. The summed E-state index contributed by atoms with van der Waals surface area (Å²) in [7, 11) is 0. The molecule has 6 nitrogen and oxygen atoms in total. The zero-order valence-electron chi connectivity index (χ0n) is 18.9. The van der Waals surface area contributed by atoms with Crippen molar-refractivity contribution in [1.82, 2.24) is 14.1 Å². The molecule has 34 heavy (non-hydrogen) atoms. The second kappa shape index (κ2) is 10.9. The summed E-state index contributed by atoms with van der Waals surface area (Å²) in [6, 6.07) is 11.0. The Labute approximate surface area is 200 Å². The topological polar surface area (TPSA) is 68.9 Å². The predicted octanol–water partition coefficient (Wildman–Crippen LogP) is 6.01. The fourth-order valence-corrected chi connectivity index (χ4v) is 3.81. The van der Waals surface area contributed by atoms with E-state index in [1.807, 2.05) is 13.8 Å². The number of halogens is 4. The molecule has 0 amide bonds. The lowest BCUT2D eigenvalue weighted by Gasteiger charge is -2.21. The number of hydrogen-bond acceptors (Lipinski definition) is 4. The summed E-state index contributed by atoms with van der Waals surface area (Å²) in [5, 5.41) is 3.26. The Kier molecular flexibility index (Phi) is 8.19. The van der Waals surface area contributed by atoms with Gasteiger partial charge in [0, 0.05) is 16.8 Å². The van der Waals surface area contributed by atoms with Crippen LogP contribution in [-0.4, -0.2) is 14.1 Å². The maximum atomic E-state index is 13.5. The number of nitrogens with zero attached hydrogens (tertiary/aromatic N) is 3. The van der Waals surface area contributed by atoms with Crippen molar-refractivity contribution in [3.8, 4) is 0 Å². The van der Waals surface area contributed by atoms with Crippen molar-refractivity contribution in [3.05, 3.63) is 85.6 Å². The average molecular weight is 495 g/mol. The predicted molar refractivity (Wildman–Crippen MR) is 127 cm³/mol. The molecule has 3 aromatic rings. The van der Waals surface area contributed by atoms with Gasteiger partial charge in [-0.1, -0.05) is 56.5 Å². The van der Waals surface area contributed by atoms with Gasteiger partial charge in [0.25, 0.3) is 0 Å². The maximum absolute atomic E-state index is 13.5. The number of hydrogen-bond donors (Lipinski definition) is 1. The van der Waals surface area contributed by atoms with Crippen molar-refractivity contribution < 1.29 is 13.2 Å². The number of benzene rings is 2. The number of anilines is 2. The molecule has 0 saturated carbocycles. The molecule has 0 fully saturated rings. The van der Waals surface area contributed by atoms with E-state index in [9.17, 15) is 22.8 Å². The summed E-state index contributed by atoms with van der Waals surface area (Å²) < 4.78 is 41.9. The van der Waals surface area contributed by atoms with Crippen LogP contribution in [0, 0.1) is 0 Å². The van der Waals surface area contributed by atoms with Crippen LogP contribution in [0.5, 0.6) is 0 Å². The van der Waals surface area contributed by atoms with E-state index in [4.69, 9.17) is 11.6 Å². The van der Waals surface area contributed by atoms with Crippen LogP contribution in [-0.2, 0) is 12.7 Å². The number of nitrogens with one attached hydrogen (secondary N) is 1. The van der Waals surface area contributed by atoms with Crippen molar-refractivity contribution in [1.29, 1.82) is 0 Å². The third-order valence-electron chi connectivity index (χ3n) is 5.53. The summed E-state index contributed by atoms with van der Waals surface area (Å²) in [4.78, 5) is 30.5. The van der Waals surface area contributed by atoms with Crippen molar-refractivity contribution in [2.45, 2.75) is 58.3 Å². The second-order valence-electron chi connectivity index (χ2n) is 7.99. The fraction of sp³-hybridized carbons (Fsp3) is 0.375. The van der Waals surface area contributed by atoms with E-state index in [-0.39, 0.29) is 24.2 Å². The molecule has 1 N–H and O–H groups in total. The Morgan fingerprint density at radius 2 is 1.79 bits per heavy atom. The van der Waals surface area contributed by atoms with E-state index < -0.39 is 23.1 Å². The van der Waals surface area contributed by atoms with Crippen molar-refractivity contribution in [3.63, 3.8) is 0 Å². The van der Waals surface area contributed by atoms with Crippen LogP contribution in [0.25, 0.3) is 0 Å². The van der Waals surface area contributed by atoms with Gasteiger partial charge in [0.15, 0.2) is 0 Å². The lowest BCUT2D eigenvalue weighted by atomic mass is 10.1. The number of alkyl halides is 3. The second-order valence-corrected chi connectivity index (χ2v) is 8.43. The fourth-order valence-electron chi connectivity index (χ4n) is 3.69. The van der Waals surface area contributed by atoms with E-state index >= 15 is 0 Å². The standard InChI is InChI=1S/C24H26ClF3N4O2/c1-3-5-9-20(4-2)32-22(33)30-21(29-19-8-6-7-17(14-19)24(26,27)28)31(23(32)34)15-16-10-12-18(25)13-11-16/h6-8,10-14,20H,3-5,9,15H2,1-2H3,(H,29,30,33). The quantitative estimate of drug-likeness (QED) is 0.395. The van der Waals surface area contributed by atoms with Crippen LogP contribution in [0.15, 0.2) is 58.1 Å². The van der Waals surface area contributed by atoms with Crippen LogP contribution in [0.3, 0.4) is 0 Å². The Morgan fingerprint density at radius 1 is 1.09 bits per heavy atom. The van der Waals surface area contributed by atoms with Gasteiger partial charge in [-0.05, 0) is 48.7 Å². The van der Waals surface area contributed by atoms with Crippen molar-refractivity contribution in [2.75, 3.05) is 5.32 Å². The number of unbranched alkanes of at least 4 members (excludes halogenated alkanes) is 1. The molecular weight excluding hydrogens is 469 g/mol. The molecule has 0 spiro atoms. The normalized spacial score (nSPS) is 12.5. The molecule has 0 aliphatic rings. The molecule has 0 saturated heterocycles. The minimum atomic E-state index is -4.54. The summed E-state index contributed by atoms with van der Waals surface area (Å²) in [5.41, 5.74) is -1.40. The first-order valence-electron chi connectivity index (χ1n) is 11.1. The molecule has 0 aliphatic heterocycles. The summed E-state index contributed by atoms with van der Waals surface area (Å²) in [6.45, 7) is 3.97. The van der Waals surface area contributed by atoms with Gasteiger partial charge >= 0.3 is 17.6 Å². The highest BCUT2D eigenvalue weighted by Gasteiger charge is 2.30. The van der Waals surface area contributed by atoms with E-state index in [1.165, 1.54) is 16.7 Å². The minimum Gasteiger partial charge on any atom is -0.325 e. The van der Waals surface area contributed by atoms with Crippen LogP contribution >= 0.6 is 11.6 Å². The number of aromatic nitrogens is 3. The molecule has 1 aromatic heterocycles. The molecule has 0 aliphatic carbocycles. The van der Waals surface area contributed by atoms with E-state index in [0.717, 1.165) is 29.5 Å². The third kappa shape index (κ3) is 6.08. The molecule has 0 radical (unpaired) electrons. The highest BCUT2D eigenvalue weighted by atomic mass is 35.5. The molecule has 2 aromatic carbocycles. The first kappa shape index (κ1) is 25.6. The molecule has 0 bridgehead atoms. The van der Waals surface area contributed by atoms with Crippen LogP contribution in [0.2, 0.25) is 5.02 Å². The van der Waals surface area contributed by atoms with Gasteiger partial charge in [-0.25, -0.2) is 14.2 Å². The number of rotatable bonds is 9. The van der Waals surface area contributed by atoms with E-state index in [2.05, 4.69) is 10.3 Å². The highest BCUT2D eigenvalue weighted by molar-refractivity contribution is 6.30. The molecular formula is C24H26ClF3N4O2.